The Labute approximate surface area is 191 Å². The van der Waals surface area contributed by atoms with Crippen molar-refractivity contribution >= 4 is 34.0 Å². The molecule has 1 radical (unpaired) electrons. The van der Waals surface area contributed by atoms with E-state index < -0.39 is 0 Å². The molecule has 0 aliphatic heterocycles. The number of aryl methyl sites for hydroxylation is 3. The number of nitrogens with zero attached hydrogens (tertiary/aromatic N) is 2. The summed E-state index contributed by atoms with van der Waals surface area (Å²) in [5.41, 5.74) is 16.7. The molecular formula is C18H23N8O2Y-. The van der Waals surface area contributed by atoms with E-state index in [1.165, 1.54) is 0 Å². The third-order valence-electron chi connectivity index (χ3n) is 4.54. The smallest absolute Gasteiger partial charge is 0.276 e. The number of nitrogens with one attached hydrogen (secondary N) is 4. The third kappa shape index (κ3) is 4.23. The number of H-pyrrole nitrogens is 4. The fourth-order valence-corrected chi connectivity index (χ4v) is 3.29. The van der Waals surface area contributed by atoms with Crippen molar-refractivity contribution in [1.82, 2.24) is 29.9 Å². The van der Waals surface area contributed by atoms with Crippen molar-refractivity contribution in [2.24, 2.45) is 0 Å². The normalized spacial score (nSPS) is 10.5. The molecule has 0 unspecified atom stereocenters. The SMILES string of the molecule is CCc1c(C)[nH]c2c(=O)[nH]c(N)nc12.C[CH-]c1c(C)[nH]c2c(=O)[nH]c(N)nc12.[Y]. The van der Waals surface area contributed by atoms with Crippen molar-refractivity contribution in [3.8, 4) is 0 Å². The van der Waals surface area contributed by atoms with E-state index in [1.807, 2.05) is 34.1 Å². The van der Waals surface area contributed by atoms with Gasteiger partial charge in [-0.2, -0.15) is 6.42 Å². The van der Waals surface area contributed by atoms with Gasteiger partial charge < -0.3 is 21.4 Å². The van der Waals surface area contributed by atoms with E-state index in [1.54, 1.807) is 0 Å². The molecule has 4 aromatic heterocycles. The van der Waals surface area contributed by atoms with Crippen molar-refractivity contribution < 1.29 is 32.7 Å². The zero-order valence-electron chi connectivity index (χ0n) is 16.7. The van der Waals surface area contributed by atoms with E-state index in [9.17, 15) is 9.59 Å². The molecule has 0 saturated heterocycles. The minimum atomic E-state index is -0.233. The first-order valence-corrected chi connectivity index (χ1v) is 8.81. The van der Waals surface area contributed by atoms with Crippen molar-refractivity contribution in [2.45, 2.75) is 34.1 Å². The van der Waals surface area contributed by atoms with E-state index in [4.69, 9.17) is 11.5 Å². The van der Waals surface area contributed by atoms with Gasteiger partial charge in [0.1, 0.15) is 11.0 Å². The van der Waals surface area contributed by atoms with Crippen LogP contribution in [0.5, 0.6) is 0 Å². The molecule has 0 spiro atoms. The van der Waals surface area contributed by atoms with Gasteiger partial charge in [0.15, 0.2) is 5.95 Å². The van der Waals surface area contributed by atoms with Crippen LogP contribution < -0.4 is 22.6 Å². The van der Waals surface area contributed by atoms with Gasteiger partial charge in [0, 0.05) is 38.4 Å². The first-order chi connectivity index (χ1) is 13.3. The summed E-state index contributed by atoms with van der Waals surface area (Å²) in [6.45, 7) is 7.74. The fourth-order valence-electron chi connectivity index (χ4n) is 3.29. The minimum absolute atomic E-state index is 0. The molecule has 0 aromatic carbocycles. The number of hydrogen-bond acceptors (Lipinski definition) is 6. The Hall–Kier alpha value is -2.59. The topological polar surface area (TPSA) is 175 Å². The summed E-state index contributed by atoms with van der Waals surface area (Å²) in [5.74, 6) is 0.306. The number of nitrogen functional groups attached to an aromatic ring is 2. The Balaban J connectivity index is 0.000000200. The number of nitrogens with two attached hydrogens (primary N) is 2. The Morgan fingerprint density at radius 3 is 1.86 bits per heavy atom. The van der Waals surface area contributed by atoms with E-state index in [-0.39, 0.29) is 55.7 Å². The molecule has 151 valence electrons. The number of hydrogen-bond donors (Lipinski definition) is 6. The van der Waals surface area contributed by atoms with Crippen LogP contribution in [0.4, 0.5) is 11.9 Å². The standard InChI is InChI=1S/C9H12N4O.C9H11N4O.Y/c2*1-3-5-4(2)11-7-6(5)12-9(10)13-8(7)14;/h11H,3H2,1-2H3,(H3,10,12,13,14);3,11H,1-2H3,(H3,10,12,13,14);/q;-1;. The van der Waals surface area contributed by atoms with Crippen molar-refractivity contribution in [3.05, 3.63) is 49.6 Å². The summed E-state index contributed by atoms with van der Waals surface area (Å²) in [7, 11) is 0. The molecule has 0 aliphatic rings. The Bertz CT molecular complexity index is 1180. The molecule has 10 nitrogen and oxygen atoms in total. The van der Waals surface area contributed by atoms with Crippen molar-refractivity contribution in [2.75, 3.05) is 11.5 Å². The van der Waals surface area contributed by atoms with E-state index >= 15 is 0 Å². The third-order valence-corrected chi connectivity index (χ3v) is 4.54. The zero-order valence-corrected chi connectivity index (χ0v) is 19.6. The van der Waals surface area contributed by atoms with Crippen LogP contribution >= 0.6 is 0 Å². The Morgan fingerprint density at radius 2 is 1.34 bits per heavy atom. The summed E-state index contributed by atoms with van der Waals surface area (Å²) in [4.78, 5) is 42.0. The maximum absolute atomic E-state index is 11.5. The number of aromatic nitrogens is 6. The molecule has 0 saturated carbocycles. The average Bonchev–Trinajstić information content (AvgIpc) is 3.11. The van der Waals surface area contributed by atoms with Crippen LogP contribution in [-0.4, -0.2) is 29.9 Å². The number of fused-ring (bicyclic) bond motifs is 2. The number of rotatable bonds is 2. The molecule has 0 aliphatic carbocycles. The molecule has 4 aromatic rings. The van der Waals surface area contributed by atoms with Gasteiger partial charge in [-0.1, -0.05) is 26.5 Å². The van der Waals surface area contributed by atoms with Gasteiger partial charge in [-0.25, -0.2) is 4.98 Å². The second-order valence-corrected chi connectivity index (χ2v) is 6.38. The first-order valence-electron chi connectivity index (χ1n) is 8.81. The summed E-state index contributed by atoms with van der Waals surface area (Å²) in [6.07, 6.45) is 2.74. The molecule has 11 heteroatoms. The van der Waals surface area contributed by atoms with Crippen LogP contribution in [0.25, 0.3) is 22.1 Å². The zero-order chi connectivity index (χ0) is 20.6. The van der Waals surface area contributed by atoms with E-state index in [0.717, 1.165) is 28.9 Å². The van der Waals surface area contributed by atoms with E-state index in [0.29, 0.717) is 22.1 Å². The second-order valence-electron chi connectivity index (χ2n) is 6.38. The molecule has 4 rings (SSSR count). The Morgan fingerprint density at radius 1 is 0.862 bits per heavy atom. The minimum Gasteiger partial charge on any atom is -0.416 e. The molecule has 0 bridgehead atoms. The Kier molecular flexibility index (Phi) is 6.91. The fraction of sp³-hybridized carbons (Fsp3) is 0.278. The van der Waals surface area contributed by atoms with Gasteiger partial charge in [-0.3, -0.25) is 24.5 Å². The average molecular weight is 472 g/mol. The van der Waals surface area contributed by atoms with Gasteiger partial charge >= 0.3 is 0 Å². The maximum atomic E-state index is 11.5. The predicted molar refractivity (Wildman–Crippen MR) is 110 cm³/mol. The van der Waals surface area contributed by atoms with E-state index in [2.05, 4.69) is 29.9 Å². The molecule has 0 fully saturated rings. The summed E-state index contributed by atoms with van der Waals surface area (Å²) < 4.78 is 0. The van der Waals surface area contributed by atoms with Crippen LogP contribution in [0.1, 0.15) is 36.4 Å². The molecule has 0 amide bonds. The molecule has 29 heavy (non-hydrogen) atoms. The maximum Gasteiger partial charge on any atom is 0.276 e. The van der Waals surface area contributed by atoms with Gasteiger partial charge in [-0.15, -0.1) is 5.56 Å². The van der Waals surface area contributed by atoms with Crippen LogP contribution in [0.3, 0.4) is 0 Å². The second kappa shape index (κ2) is 8.83. The molecule has 0 atom stereocenters. The summed E-state index contributed by atoms with van der Waals surface area (Å²) in [5, 5.41) is 0. The monoisotopic (exact) mass is 472 g/mol. The molecule has 8 N–H and O–H groups in total. The molecule has 4 heterocycles. The van der Waals surface area contributed by atoms with Crippen molar-refractivity contribution in [1.29, 1.82) is 0 Å². The number of anilines is 2. The largest absolute Gasteiger partial charge is 0.416 e. The van der Waals surface area contributed by atoms with Crippen LogP contribution in [0, 0.1) is 20.3 Å². The van der Waals surface area contributed by atoms with Crippen LogP contribution in [0.15, 0.2) is 9.59 Å². The van der Waals surface area contributed by atoms with Gasteiger partial charge in [0.25, 0.3) is 11.1 Å². The predicted octanol–water partition coefficient (Wildman–Crippen LogP) is 1.42. The van der Waals surface area contributed by atoms with Crippen LogP contribution in [-0.2, 0) is 39.1 Å². The quantitative estimate of drug-likeness (QED) is 0.241. The summed E-state index contributed by atoms with van der Waals surface area (Å²) in [6, 6.07) is 0. The van der Waals surface area contributed by atoms with Gasteiger partial charge in [-0.05, 0) is 24.4 Å². The van der Waals surface area contributed by atoms with Gasteiger partial charge in [0.05, 0.1) is 5.52 Å². The molecular weight excluding hydrogens is 449 g/mol. The van der Waals surface area contributed by atoms with Crippen LogP contribution in [0.2, 0.25) is 0 Å². The van der Waals surface area contributed by atoms with Gasteiger partial charge in [0.2, 0.25) is 5.95 Å². The first kappa shape index (κ1) is 22.7. The van der Waals surface area contributed by atoms with Crippen molar-refractivity contribution in [3.63, 3.8) is 0 Å². The summed E-state index contributed by atoms with van der Waals surface area (Å²) >= 11 is 0. The number of aromatic amines is 4.